The van der Waals surface area contributed by atoms with E-state index in [4.69, 9.17) is 0 Å². The van der Waals surface area contributed by atoms with Gasteiger partial charge in [-0.25, -0.2) is 0 Å². The molecule has 0 unspecified atom stereocenters. The normalized spacial score (nSPS) is 13.1. The van der Waals surface area contributed by atoms with Gasteiger partial charge in [0.05, 0.1) is 4.70 Å². The van der Waals surface area contributed by atoms with Crippen molar-refractivity contribution in [2.24, 2.45) is 0 Å². The molecule has 2 heterocycles. The molecular formula is C25H21N3O2S. The van der Waals surface area contributed by atoms with Crippen LogP contribution in [0.3, 0.4) is 0 Å². The smallest absolute Gasteiger partial charge is 0.276 e. The molecule has 2 amide bonds. The standard InChI is InChI=1S/C25H21N3O2S/c1-16-10-11-18(25(30)28-13-12-17-6-2-3-7-19(17)15-28)14-21(16)26-24(29)23-20-8-4-5-9-22(20)31-27-23/h2-11,14H,12-13,15H2,1H3,(H,26,29). The average Bonchev–Trinajstić information content (AvgIpc) is 3.24. The van der Waals surface area contributed by atoms with Crippen LogP contribution in [0, 0.1) is 6.92 Å². The van der Waals surface area contributed by atoms with Crippen molar-refractivity contribution in [3.8, 4) is 0 Å². The van der Waals surface area contributed by atoms with Crippen LogP contribution in [0.15, 0.2) is 66.7 Å². The highest BCUT2D eigenvalue weighted by atomic mass is 32.1. The number of nitrogens with one attached hydrogen (secondary N) is 1. The summed E-state index contributed by atoms with van der Waals surface area (Å²) in [6.45, 7) is 3.21. The summed E-state index contributed by atoms with van der Waals surface area (Å²) in [5.74, 6) is -0.291. The van der Waals surface area contributed by atoms with E-state index in [2.05, 4.69) is 21.8 Å². The lowest BCUT2D eigenvalue weighted by Gasteiger charge is -2.29. The number of carbonyl (C=O) groups excluding carboxylic acids is 2. The summed E-state index contributed by atoms with van der Waals surface area (Å²) in [5, 5.41) is 3.79. The van der Waals surface area contributed by atoms with Crippen molar-refractivity contribution in [2.45, 2.75) is 19.9 Å². The number of anilines is 1. The number of hydrogen-bond donors (Lipinski definition) is 1. The second-order valence-electron chi connectivity index (χ2n) is 7.76. The fraction of sp³-hybridized carbons (Fsp3) is 0.160. The summed E-state index contributed by atoms with van der Waals surface area (Å²) in [5.41, 5.74) is 5.00. The van der Waals surface area contributed by atoms with E-state index in [9.17, 15) is 9.59 Å². The van der Waals surface area contributed by atoms with Crippen molar-refractivity contribution < 1.29 is 9.59 Å². The van der Waals surface area contributed by atoms with E-state index >= 15 is 0 Å². The highest BCUT2D eigenvalue weighted by Gasteiger charge is 2.22. The Kier molecular flexibility index (Phi) is 5.00. The third kappa shape index (κ3) is 3.70. The van der Waals surface area contributed by atoms with Crippen LogP contribution in [0.2, 0.25) is 0 Å². The second-order valence-corrected chi connectivity index (χ2v) is 8.56. The Morgan fingerprint density at radius 3 is 2.65 bits per heavy atom. The van der Waals surface area contributed by atoms with Gasteiger partial charge in [-0.05, 0) is 59.8 Å². The zero-order chi connectivity index (χ0) is 21.4. The van der Waals surface area contributed by atoms with Gasteiger partial charge in [-0.15, -0.1) is 0 Å². The molecule has 1 aliphatic heterocycles. The van der Waals surface area contributed by atoms with E-state index in [1.165, 1.54) is 22.7 Å². The van der Waals surface area contributed by atoms with Crippen molar-refractivity contribution in [1.29, 1.82) is 0 Å². The van der Waals surface area contributed by atoms with Crippen LogP contribution in [0.1, 0.15) is 37.5 Å². The fourth-order valence-corrected chi connectivity index (χ4v) is 4.75. The van der Waals surface area contributed by atoms with Gasteiger partial charge in [0.2, 0.25) is 0 Å². The van der Waals surface area contributed by atoms with Crippen molar-refractivity contribution in [3.05, 3.63) is 94.7 Å². The molecule has 0 spiro atoms. The molecule has 0 saturated heterocycles. The van der Waals surface area contributed by atoms with Gasteiger partial charge >= 0.3 is 0 Å². The van der Waals surface area contributed by atoms with Gasteiger partial charge in [-0.3, -0.25) is 9.59 Å². The number of amides is 2. The van der Waals surface area contributed by atoms with Gasteiger partial charge in [0.15, 0.2) is 0 Å². The molecule has 4 aromatic rings. The first-order chi connectivity index (χ1) is 15.1. The number of aryl methyl sites for hydroxylation is 1. The summed E-state index contributed by atoms with van der Waals surface area (Å²) in [7, 11) is 0. The fourth-order valence-electron chi connectivity index (χ4n) is 3.97. The Balaban J connectivity index is 1.38. The second kappa shape index (κ2) is 7.96. The van der Waals surface area contributed by atoms with Crippen LogP contribution >= 0.6 is 11.5 Å². The Labute approximate surface area is 184 Å². The van der Waals surface area contributed by atoms with Gasteiger partial charge in [0.25, 0.3) is 11.8 Å². The molecule has 154 valence electrons. The van der Waals surface area contributed by atoms with Crippen molar-refractivity contribution >= 4 is 39.1 Å². The molecular weight excluding hydrogens is 406 g/mol. The predicted octanol–water partition coefficient (Wildman–Crippen LogP) is 5.06. The molecule has 0 atom stereocenters. The topological polar surface area (TPSA) is 62.3 Å². The quantitative estimate of drug-likeness (QED) is 0.497. The zero-order valence-electron chi connectivity index (χ0n) is 17.1. The van der Waals surface area contributed by atoms with Gasteiger partial charge in [0.1, 0.15) is 5.69 Å². The largest absolute Gasteiger partial charge is 0.334 e. The molecule has 1 aromatic heterocycles. The highest BCUT2D eigenvalue weighted by Crippen LogP contribution is 2.26. The van der Waals surface area contributed by atoms with E-state index in [1.807, 2.05) is 60.4 Å². The minimum Gasteiger partial charge on any atom is -0.334 e. The van der Waals surface area contributed by atoms with Crippen molar-refractivity contribution in [3.63, 3.8) is 0 Å². The summed E-state index contributed by atoms with van der Waals surface area (Å²) >= 11 is 1.31. The van der Waals surface area contributed by atoms with E-state index < -0.39 is 0 Å². The lowest BCUT2D eigenvalue weighted by atomic mass is 9.99. The summed E-state index contributed by atoms with van der Waals surface area (Å²) in [6, 6.07) is 21.4. The number of carbonyl (C=O) groups is 2. The summed E-state index contributed by atoms with van der Waals surface area (Å²) < 4.78 is 5.30. The first-order valence-electron chi connectivity index (χ1n) is 10.2. The van der Waals surface area contributed by atoms with Crippen LogP contribution in [0.25, 0.3) is 10.1 Å². The minimum absolute atomic E-state index is 0.0240. The van der Waals surface area contributed by atoms with Crippen LogP contribution in [0.4, 0.5) is 5.69 Å². The highest BCUT2D eigenvalue weighted by molar-refractivity contribution is 7.13. The van der Waals surface area contributed by atoms with E-state index in [1.54, 1.807) is 6.07 Å². The molecule has 1 N–H and O–H groups in total. The molecule has 3 aromatic carbocycles. The van der Waals surface area contributed by atoms with Gasteiger partial charge in [-0.2, -0.15) is 4.37 Å². The predicted molar refractivity (Wildman–Crippen MR) is 124 cm³/mol. The lowest BCUT2D eigenvalue weighted by molar-refractivity contribution is 0.0734. The molecule has 0 bridgehead atoms. The van der Waals surface area contributed by atoms with Gasteiger partial charge in [0, 0.05) is 29.7 Å². The Hall–Kier alpha value is -3.51. The third-order valence-electron chi connectivity index (χ3n) is 5.74. The van der Waals surface area contributed by atoms with Crippen LogP contribution in [-0.2, 0) is 13.0 Å². The molecule has 0 aliphatic carbocycles. The first-order valence-corrected chi connectivity index (χ1v) is 11.0. The third-order valence-corrected chi connectivity index (χ3v) is 6.57. The van der Waals surface area contributed by atoms with E-state index in [-0.39, 0.29) is 11.8 Å². The maximum Gasteiger partial charge on any atom is 0.276 e. The van der Waals surface area contributed by atoms with Gasteiger partial charge < -0.3 is 10.2 Å². The van der Waals surface area contributed by atoms with E-state index in [0.717, 1.165) is 22.1 Å². The zero-order valence-corrected chi connectivity index (χ0v) is 17.9. The number of nitrogens with zero attached hydrogens (tertiary/aromatic N) is 2. The average molecular weight is 428 g/mol. The number of fused-ring (bicyclic) bond motifs is 2. The molecule has 0 saturated carbocycles. The maximum atomic E-state index is 13.2. The molecule has 0 radical (unpaired) electrons. The monoisotopic (exact) mass is 427 g/mol. The Morgan fingerprint density at radius 2 is 1.77 bits per heavy atom. The van der Waals surface area contributed by atoms with E-state index in [0.29, 0.717) is 30.0 Å². The number of benzene rings is 3. The van der Waals surface area contributed by atoms with Crippen LogP contribution in [0.5, 0.6) is 0 Å². The maximum absolute atomic E-state index is 13.2. The number of hydrogen-bond acceptors (Lipinski definition) is 4. The molecule has 5 nitrogen and oxygen atoms in total. The Bertz CT molecular complexity index is 1310. The Morgan fingerprint density at radius 1 is 1.00 bits per heavy atom. The van der Waals surface area contributed by atoms with Crippen LogP contribution < -0.4 is 5.32 Å². The number of aromatic nitrogens is 1. The van der Waals surface area contributed by atoms with Crippen molar-refractivity contribution in [2.75, 3.05) is 11.9 Å². The molecule has 31 heavy (non-hydrogen) atoms. The molecule has 5 rings (SSSR count). The SMILES string of the molecule is Cc1ccc(C(=O)N2CCc3ccccc3C2)cc1NC(=O)c1nsc2ccccc12. The lowest BCUT2D eigenvalue weighted by Crippen LogP contribution is -2.36. The number of rotatable bonds is 3. The molecule has 0 fully saturated rings. The van der Waals surface area contributed by atoms with Crippen molar-refractivity contribution in [1.82, 2.24) is 9.27 Å². The molecule has 6 heteroatoms. The first kappa shape index (κ1) is 19.5. The minimum atomic E-state index is -0.267. The van der Waals surface area contributed by atoms with Crippen LogP contribution in [-0.4, -0.2) is 27.6 Å². The van der Waals surface area contributed by atoms with Gasteiger partial charge in [-0.1, -0.05) is 48.5 Å². The molecule has 1 aliphatic rings. The summed E-state index contributed by atoms with van der Waals surface area (Å²) in [6.07, 6.45) is 0.855. The summed E-state index contributed by atoms with van der Waals surface area (Å²) in [4.78, 5) is 27.9.